The number of rotatable bonds is 7. The summed E-state index contributed by atoms with van der Waals surface area (Å²) in [6.45, 7) is 1.45. The number of benzene rings is 3. The van der Waals surface area contributed by atoms with Crippen LogP contribution in [-0.4, -0.2) is 40.7 Å². The van der Waals surface area contributed by atoms with Crippen molar-refractivity contribution in [2.45, 2.75) is 12.5 Å². The smallest absolute Gasteiger partial charge is 0.257 e. The second-order valence-corrected chi connectivity index (χ2v) is 9.19. The highest BCUT2D eigenvalue weighted by Gasteiger charge is 2.20. The predicted octanol–water partition coefficient (Wildman–Crippen LogP) is 4.84. The topological polar surface area (TPSA) is 98.6 Å². The Kier molecular flexibility index (Phi) is 6.91. The minimum absolute atomic E-state index is 0.152. The number of aliphatic hydroxyl groups is 1. The molecule has 1 aliphatic rings. The van der Waals surface area contributed by atoms with E-state index in [1.54, 1.807) is 24.4 Å². The first kappa shape index (κ1) is 24.1. The van der Waals surface area contributed by atoms with E-state index in [1.807, 2.05) is 78.5 Å². The standard InChI is InChI=1S/C29H29N5O3/c1-33-16-14-21(18-33)29(37)32-25-10-6-23(7-11-25)30-22-4-8-24(9-5-22)31-28(36)20-2-12-26(13-3-20)34-17-15-27(35)19-34/h2-14,16,18,27,30,35H,15,17,19H2,1H3,(H,31,36)(H,32,37)/t27-/m1/s1. The Balaban J connectivity index is 1.14. The SMILES string of the molecule is Cn1ccc(C(=O)Nc2ccc(Nc3ccc(NC(=O)c4ccc(N5CC[C@@H](O)C5)cc4)cc3)cc2)c1. The molecule has 8 heteroatoms. The Morgan fingerprint density at radius 3 is 1.78 bits per heavy atom. The van der Waals surface area contributed by atoms with E-state index in [0.717, 1.165) is 30.0 Å². The molecule has 1 aliphatic heterocycles. The van der Waals surface area contributed by atoms with Crippen molar-refractivity contribution in [3.63, 3.8) is 0 Å². The molecule has 0 spiro atoms. The van der Waals surface area contributed by atoms with E-state index in [9.17, 15) is 14.7 Å². The zero-order valence-corrected chi connectivity index (χ0v) is 20.5. The number of aliphatic hydroxyl groups excluding tert-OH is 1. The fourth-order valence-electron chi connectivity index (χ4n) is 4.28. The van der Waals surface area contributed by atoms with Gasteiger partial charge in [0, 0.05) is 66.5 Å². The fourth-order valence-corrected chi connectivity index (χ4v) is 4.28. The molecule has 4 aromatic rings. The molecule has 188 valence electrons. The predicted molar refractivity (Wildman–Crippen MR) is 147 cm³/mol. The van der Waals surface area contributed by atoms with Gasteiger partial charge in [0.1, 0.15) is 0 Å². The molecule has 0 unspecified atom stereocenters. The molecular weight excluding hydrogens is 466 g/mol. The van der Waals surface area contributed by atoms with Crippen molar-refractivity contribution in [2.75, 3.05) is 33.9 Å². The number of carbonyl (C=O) groups excluding carboxylic acids is 2. The molecule has 0 bridgehead atoms. The lowest BCUT2D eigenvalue weighted by Gasteiger charge is -2.18. The Bertz CT molecular complexity index is 1380. The van der Waals surface area contributed by atoms with Gasteiger partial charge < -0.3 is 30.5 Å². The fraction of sp³-hybridized carbons (Fsp3) is 0.172. The average molecular weight is 496 g/mol. The minimum atomic E-state index is -0.285. The summed E-state index contributed by atoms with van der Waals surface area (Å²) in [5, 5.41) is 18.8. The number of nitrogens with one attached hydrogen (secondary N) is 3. The zero-order chi connectivity index (χ0) is 25.8. The van der Waals surface area contributed by atoms with Crippen molar-refractivity contribution in [1.82, 2.24) is 4.57 Å². The van der Waals surface area contributed by atoms with Crippen molar-refractivity contribution in [2.24, 2.45) is 7.05 Å². The van der Waals surface area contributed by atoms with Crippen LogP contribution in [0.1, 0.15) is 27.1 Å². The first-order chi connectivity index (χ1) is 17.9. The Morgan fingerprint density at radius 2 is 1.30 bits per heavy atom. The Hall–Kier alpha value is -4.56. The van der Waals surface area contributed by atoms with Crippen LogP contribution in [0, 0.1) is 0 Å². The van der Waals surface area contributed by atoms with Gasteiger partial charge in [-0.2, -0.15) is 0 Å². The molecule has 1 atom stereocenters. The third-order valence-electron chi connectivity index (χ3n) is 6.33. The van der Waals surface area contributed by atoms with Crippen LogP contribution in [0.15, 0.2) is 91.3 Å². The molecule has 1 fully saturated rings. The molecule has 0 aliphatic carbocycles. The summed E-state index contributed by atoms with van der Waals surface area (Å²) in [7, 11) is 1.87. The highest BCUT2D eigenvalue weighted by atomic mass is 16.3. The van der Waals surface area contributed by atoms with Crippen LogP contribution in [-0.2, 0) is 7.05 Å². The number of hydrogen-bond donors (Lipinski definition) is 4. The maximum absolute atomic E-state index is 12.7. The van der Waals surface area contributed by atoms with Gasteiger partial charge in [-0.05, 0) is 85.3 Å². The molecule has 1 saturated heterocycles. The number of β-amino-alcohol motifs (C(OH)–C–C–N with tert-alkyl or cyclic N) is 1. The first-order valence-electron chi connectivity index (χ1n) is 12.2. The van der Waals surface area contributed by atoms with Crippen molar-refractivity contribution in [1.29, 1.82) is 0 Å². The summed E-state index contributed by atoms with van der Waals surface area (Å²) in [5.41, 5.74) is 5.35. The normalized spacial score (nSPS) is 14.9. The number of nitrogens with zero attached hydrogens (tertiary/aromatic N) is 2. The monoisotopic (exact) mass is 495 g/mol. The van der Waals surface area contributed by atoms with Gasteiger partial charge in [-0.25, -0.2) is 0 Å². The maximum atomic E-state index is 12.7. The molecule has 1 aromatic heterocycles. The van der Waals surface area contributed by atoms with E-state index in [1.165, 1.54) is 0 Å². The number of aryl methyl sites for hydroxylation is 1. The molecule has 2 heterocycles. The Morgan fingerprint density at radius 1 is 0.757 bits per heavy atom. The van der Waals surface area contributed by atoms with Gasteiger partial charge in [0.2, 0.25) is 0 Å². The second-order valence-electron chi connectivity index (χ2n) is 9.19. The van der Waals surface area contributed by atoms with Crippen LogP contribution in [0.4, 0.5) is 28.4 Å². The van der Waals surface area contributed by atoms with Crippen LogP contribution >= 0.6 is 0 Å². The van der Waals surface area contributed by atoms with E-state index in [4.69, 9.17) is 0 Å². The van der Waals surface area contributed by atoms with Gasteiger partial charge in [-0.3, -0.25) is 9.59 Å². The van der Waals surface area contributed by atoms with E-state index < -0.39 is 0 Å². The van der Waals surface area contributed by atoms with E-state index >= 15 is 0 Å². The molecule has 3 aromatic carbocycles. The number of carbonyl (C=O) groups is 2. The van der Waals surface area contributed by atoms with Crippen molar-refractivity contribution >= 4 is 40.3 Å². The molecule has 5 rings (SSSR count). The summed E-state index contributed by atoms with van der Waals surface area (Å²) in [5.74, 6) is -0.330. The summed E-state index contributed by atoms with van der Waals surface area (Å²) in [6.07, 6.45) is 4.09. The number of aromatic nitrogens is 1. The average Bonchev–Trinajstić information content (AvgIpc) is 3.55. The van der Waals surface area contributed by atoms with Crippen LogP contribution < -0.4 is 20.9 Å². The lowest BCUT2D eigenvalue weighted by Crippen LogP contribution is -2.21. The molecule has 2 amide bonds. The van der Waals surface area contributed by atoms with Crippen molar-refractivity contribution < 1.29 is 14.7 Å². The lowest BCUT2D eigenvalue weighted by molar-refractivity contribution is 0.101. The van der Waals surface area contributed by atoms with Crippen molar-refractivity contribution in [3.8, 4) is 0 Å². The van der Waals surface area contributed by atoms with Gasteiger partial charge >= 0.3 is 0 Å². The third kappa shape index (κ3) is 5.99. The molecule has 8 nitrogen and oxygen atoms in total. The molecule has 4 N–H and O–H groups in total. The van der Waals surface area contributed by atoms with E-state index in [0.29, 0.717) is 29.0 Å². The lowest BCUT2D eigenvalue weighted by atomic mass is 10.1. The zero-order valence-electron chi connectivity index (χ0n) is 20.5. The van der Waals surface area contributed by atoms with Crippen molar-refractivity contribution in [3.05, 3.63) is 102 Å². The van der Waals surface area contributed by atoms with E-state index in [2.05, 4.69) is 20.9 Å². The molecule has 0 radical (unpaired) electrons. The van der Waals surface area contributed by atoms with Crippen LogP contribution in [0.5, 0.6) is 0 Å². The van der Waals surface area contributed by atoms with Gasteiger partial charge in [-0.15, -0.1) is 0 Å². The van der Waals surface area contributed by atoms with Gasteiger partial charge in [0.05, 0.1) is 11.7 Å². The second kappa shape index (κ2) is 10.6. The summed E-state index contributed by atoms with van der Waals surface area (Å²) in [6, 6.07) is 24.1. The Labute approximate surface area is 215 Å². The molecule has 0 saturated carbocycles. The minimum Gasteiger partial charge on any atom is -0.391 e. The van der Waals surface area contributed by atoms with Gasteiger partial charge in [0.15, 0.2) is 0 Å². The van der Waals surface area contributed by atoms with E-state index in [-0.39, 0.29) is 17.9 Å². The number of hydrogen-bond acceptors (Lipinski definition) is 5. The summed E-state index contributed by atoms with van der Waals surface area (Å²) < 4.78 is 1.83. The van der Waals surface area contributed by atoms with Gasteiger partial charge in [-0.1, -0.05) is 0 Å². The van der Waals surface area contributed by atoms with Crippen LogP contribution in [0.3, 0.4) is 0 Å². The third-order valence-corrected chi connectivity index (χ3v) is 6.33. The quantitative estimate of drug-likeness (QED) is 0.294. The van der Waals surface area contributed by atoms with Crippen LogP contribution in [0.2, 0.25) is 0 Å². The molecular formula is C29H29N5O3. The summed E-state index contributed by atoms with van der Waals surface area (Å²) in [4.78, 5) is 27.1. The largest absolute Gasteiger partial charge is 0.391 e. The number of anilines is 5. The highest BCUT2D eigenvalue weighted by Crippen LogP contribution is 2.23. The van der Waals surface area contributed by atoms with Crippen LogP contribution in [0.25, 0.3) is 0 Å². The molecule has 37 heavy (non-hydrogen) atoms. The highest BCUT2D eigenvalue weighted by molar-refractivity contribution is 6.05. The summed E-state index contributed by atoms with van der Waals surface area (Å²) >= 11 is 0. The maximum Gasteiger partial charge on any atom is 0.257 e. The number of amides is 2. The van der Waals surface area contributed by atoms with Gasteiger partial charge in [0.25, 0.3) is 11.8 Å². The first-order valence-corrected chi connectivity index (χ1v) is 12.2.